The van der Waals surface area contributed by atoms with Gasteiger partial charge in [-0.25, -0.2) is 0 Å². The molecular weight excluding hydrogens is 372 g/mol. The number of aliphatic hydroxyl groups is 1. The number of carbonyl (C=O) groups excluding carboxylic acids is 2. The Labute approximate surface area is 149 Å². The molecule has 0 bridgehead atoms. The number of hydrogen-bond donors (Lipinski definition) is 1. The minimum atomic E-state index is -0.176. The third-order valence-corrected chi connectivity index (χ3v) is 6.30. The van der Waals surface area contributed by atoms with Gasteiger partial charge >= 0.3 is 0 Å². The van der Waals surface area contributed by atoms with E-state index in [1.54, 1.807) is 9.80 Å². The summed E-state index contributed by atoms with van der Waals surface area (Å²) in [5.74, 6) is 0.302. The zero-order valence-electron chi connectivity index (χ0n) is 13.4. The van der Waals surface area contributed by atoms with Crippen LogP contribution in [0.5, 0.6) is 0 Å². The highest BCUT2D eigenvalue weighted by Gasteiger charge is 2.54. The van der Waals surface area contributed by atoms with Crippen molar-refractivity contribution >= 4 is 27.7 Å². The standard InChI is InChI=1S/C18H21BrN2O3/c19-13-6-4-11(5-7-13)17-14-8-20(18(24)12-2-1-3-12)9-16(23)21(14)15(17)10-22/h4-7,12,14-15,17,22H,1-3,8-10H2/t14-,15-,17-/m0/s1. The van der Waals surface area contributed by atoms with Gasteiger partial charge in [-0.1, -0.05) is 34.5 Å². The molecule has 0 spiro atoms. The average molecular weight is 393 g/mol. The highest BCUT2D eigenvalue weighted by atomic mass is 79.9. The molecule has 0 unspecified atom stereocenters. The third kappa shape index (κ3) is 2.47. The smallest absolute Gasteiger partial charge is 0.242 e. The van der Waals surface area contributed by atoms with Crippen molar-refractivity contribution in [1.82, 2.24) is 9.80 Å². The molecular formula is C18H21BrN2O3. The Bertz CT molecular complexity index is 659. The van der Waals surface area contributed by atoms with Gasteiger partial charge in [-0.05, 0) is 30.5 Å². The Morgan fingerprint density at radius 1 is 1.25 bits per heavy atom. The molecule has 2 amide bonds. The first kappa shape index (κ1) is 16.1. The predicted octanol–water partition coefficient (Wildman–Crippen LogP) is 1.75. The van der Waals surface area contributed by atoms with Gasteiger partial charge in [-0.2, -0.15) is 0 Å². The minimum absolute atomic E-state index is 0.0198. The van der Waals surface area contributed by atoms with Crippen LogP contribution in [-0.4, -0.2) is 58.5 Å². The molecule has 0 aromatic heterocycles. The molecule has 6 heteroatoms. The van der Waals surface area contributed by atoms with Crippen LogP contribution in [0.4, 0.5) is 0 Å². The van der Waals surface area contributed by atoms with E-state index in [9.17, 15) is 14.7 Å². The van der Waals surface area contributed by atoms with Crippen molar-refractivity contribution in [2.45, 2.75) is 37.3 Å². The molecule has 1 aromatic rings. The predicted molar refractivity (Wildman–Crippen MR) is 92.3 cm³/mol. The Morgan fingerprint density at radius 2 is 1.96 bits per heavy atom. The number of fused-ring (bicyclic) bond motifs is 1. The first-order chi connectivity index (χ1) is 11.6. The summed E-state index contributed by atoms with van der Waals surface area (Å²) in [5.41, 5.74) is 1.12. The van der Waals surface area contributed by atoms with Crippen LogP contribution in [0, 0.1) is 5.92 Å². The fourth-order valence-corrected chi connectivity index (χ4v) is 4.53. The van der Waals surface area contributed by atoms with E-state index in [2.05, 4.69) is 15.9 Å². The number of benzene rings is 1. The molecule has 3 atom stereocenters. The first-order valence-electron chi connectivity index (χ1n) is 8.56. The molecule has 1 aromatic carbocycles. The van der Waals surface area contributed by atoms with Gasteiger partial charge in [-0.3, -0.25) is 9.59 Å². The molecule has 1 N–H and O–H groups in total. The quantitative estimate of drug-likeness (QED) is 0.851. The normalized spacial score (nSPS) is 29.8. The van der Waals surface area contributed by atoms with Crippen LogP contribution >= 0.6 is 15.9 Å². The SMILES string of the molecule is O=C(C1CCC1)N1CC(=O)N2[C@@H](CO)[C@@H](c3ccc(Br)cc3)[C@@H]2C1. The van der Waals surface area contributed by atoms with Crippen molar-refractivity contribution in [1.29, 1.82) is 0 Å². The number of piperazine rings is 1. The van der Waals surface area contributed by atoms with Gasteiger partial charge in [0.1, 0.15) is 0 Å². The minimum Gasteiger partial charge on any atom is -0.394 e. The largest absolute Gasteiger partial charge is 0.394 e. The summed E-state index contributed by atoms with van der Waals surface area (Å²) in [6.07, 6.45) is 3.02. The van der Waals surface area contributed by atoms with Crippen molar-refractivity contribution in [3.63, 3.8) is 0 Å². The summed E-state index contributed by atoms with van der Waals surface area (Å²) in [5, 5.41) is 9.76. The second-order valence-corrected chi connectivity index (χ2v) is 7.96. The summed E-state index contributed by atoms with van der Waals surface area (Å²) < 4.78 is 1.00. The van der Waals surface area contributed by atoms with Crippen LogP contribution < -0.4 is 0 Å². The molecule has 2 aliphatic heterocycles. The summed E-state index contributed by atoms with van der Waals surface area (Å²) in [6.45, 7) is 0.702. The molecule has 128 valence electrons. The van der Waals surface area contributed by atoms with Gasteiger partial charge < -0.3 is 14.9 Å². The summed E-state index contributed by atoms with van der Waals surface area (Å²) in [7, 11) is 0. The van der Waals surface area contributed by atoms with Crippen molar-refractivity contribution < 1.29 is 14.7 Å². The summed E-state index contributed by atoms with van der Waals surface area (Å²) >= 11 is 3.44. The number of halogens is 1. The Kier molecular flexibility index (Phi) is 4.12. The summed E-state index contributed by atoms with van der Waals surface area (Å²) in [6, 6.07) is 7.83. The molecule has 3 fully saturated rings. The Balaban J connectivity index is 1.56. The third-order valence-electron chi connectivity index (χ3n) is 5.77. The topological polar surface area (TPSA) is 60.9 Å². The lowest BCUT2D eigenvalue weighted by Gasteiger charge is -2.59. The van der Waals surface area contributed by atoms with Gasteiger partial charge in [0.05, 0.1) is 25.2 Å². The van der Waals surface area contributed by atoms with Gasteiger partial charge in [0.25, 0.3) is 0 Å². The zero-order chi connectivity index (χ0) is 16.8. The molecule has 2 saturated heterocycles. The Morgan fingerprint density at radius 3 is 2.54 bits per heavy atom. The van der Waals surface area contributed by atoms with E-state index >= 15 is 0 Å². The van der Waals surface area contributed by atoms with Crippen LogP contribution in [0.3, 0.4) is 0 Å². The zero-order valence-corrected chi connectivity index (χ0v) is 15.0. The number of nitrogens with zero attached hydrogens (tertiary/aromatic N) is 2. The van der Waals surface area contributed by atoms with E-state index in [0.717, 1.165) is 29.3 Å². The number of rotatable bonds is 3. The number of hydrogen-bond acceptors (Lipinski definition) is 3. The maximum Gasteiger partial charge on any atom is 0.242 e. The fraction of sp³-hybridized carbons (Fsp3) is 0.556. The van der Waals surface area contributed by atoms with Gasteiger partial charge in [0.2, 0.25) is 11.8 Å². The van der Waals surface area contributed by atoms with E-state index < -0.39 is 0 Å². The molecule has 24 heavy (non-hydrogen) atoms. The van der Waals surface area contributed by atoms with Crippen LogP contribution in [-0.2, 0) is 9.59 Å². The van der Waals surface area contributed by atoms with Crippen molar-refractivity contribution in [2.75, 3.05) is 19.7 Å². The number of amides is 2. The molecule has 0 radical (unpaired) electrons. The molecule has 2 heterocycles. The molecule has 4 rings (SSSR count). The maximum absolute atomic E-state index is 12.5. The highest BCUT2D eigenvalue weighted by Crippen LogP contribution is 2.43. The van der Waals surface area contributed by atoms with E-state index in [4.69, 9.17) is 0 Å². The van der Waals surface area contributed by atoms with Crippen LogP contribution in [0.2, 0.25) is 0 Å². The van der Waals surface area contributed by atoms with Crippen LogP contribution in [0.1, 0.15) is 30.7 Å². The summed E-state index contributed by atoms with van der Waals surface area (Å²) in [4.78, 5) is 28.6. The van der Waals surface area contributed by atoms with Gasteiger partial charge in [0.15, 0.2) is 0 Å². The molecule has 1 aliphatic carbocycles. The van der Waals surface area contributed by atoms with E-state index in [1.165, 1.54) is 0 Å². The first-order valence-corrected chi connectivity index (χ1v) is 9.35. The van der Waals surface area contributed by atoms with Gasteiger partial charge in [0, 0.05) is 22.9 Å². The van der Waals surface area contributed by atoms with Crippen LogP contribution in [0.15, 0.2) is 28.7 Å². The average Bonchev–Trinajstić information content (AvgIpc) is 2.49. The van der Waals surface area contributed by atoms with Crippen molar-refractivity contribution in [3.8, 4) is 0 Å². The van der Waals surface area contributed by atoms with E-state index in [0.29, 0.717) is 6.54 Å². The van der Waals surface area contributed by atoms with Crippen molar-refractivity contribution in [3.05, 3.63) is 34.3 Å². The van der Waals surface area contributed by atoms with E-state index in [-0.39, 0.29) is 48.9 Å². The molecule has 1 saturated carbocycles. The number of aliphatic hydroxyl groups excluding tert-OH is 1. The molecule has 3 aliphatic rings. The second-order valence-electron chi connectivity index (χ2n) is 7.04. The van der Waals surface area contributed by atoms with Crippen LogP contribution in [0.25, 0.3) is 0 Å². The lowest BCUT2D eigenvalue weighted by Crippen LogP contribution is -2.73. The maximum atomic E-state index is 12.5. The highest BCUT2D eigenvalue weighted by molar-refractivity contribution is 9.10. The monoisotopic (exact) mass is 392 g/mol. The second kappa shape index (κ2) is 6.15. The molecule has 5 nitrogen and oxygen atoms in total. The number of carbonyl (C=O) groups is 2. The lowest BCUT2D eigenvalue weighted by molar-refractivity contribution is -0.169. The Hall–Kier alpha value is -1.40. The lowest BCUT2D eigenvalue weighted by atomic mass is 9.73. The van der Waals surface area contributed by atoms with E-state index in [1.807, 2.05) is 24.3 Å². The van der Waals surface area contributed by atoms with Crippen molar-refractivity contribution in [2.24, 2.45) is 5.92 Å². The van der Waals surface area contributed by atoms with Gasteiger partial charge in [-0.15, -0.1) is 0 Å². The fourth-order valence-electron chi connectivity index (χ4n) is 4.27.